The number of aromatic nitrogens is 1. The van der Waals surface area contributed by atoms with Crippen LogP contribution in [0.3, 0.4) is 0 Å². The zero-order valence-electron chi connectivity index (χ0n) is 17.1. The summed E-state index contributed by atoms with van der Waals surface area (Å²) in [5.74, 6) is 1.45. The number of hydrogen-bond acceptors (Lipinski definition) is 7. The van der Waals surface area contributed by atoms with Gasteiger partial charge in [-0.05, 0) is 56.3 Å². The fraction of sp³-hybridized carbons (Fsp3) is 0.227. The van der Waals surface area contributed by atoms with Crippen LogP contribution in [0.15, 0.2) is 42.5 Å². The molecular formula is C22H21N3O5S. The van der Waals surface area contributed by atoms with E-state index in [9.17, 15) is 9.59 Å². The van der Waals surface area contributed by atoms with Gasteiger partial charge in [-0.15, -0.1) is 11.3 Å². The smallest absolute Gasteiger partial charge is 0.264 e. The van der Waals surface area contributed by atoms with Gasteiger partial charge in [-0.3, -0.25) is 14.9 Å². The Balaban J connectivity index is 1.39. The highest BCUT2D eigenvalue weighted by Gasteiger charge is 2.18. The summed E-state index contributed by atoms with van der Waals surface area (Å²) in [6, 6.07) is 12.6. The minimum Gasteiger partial charge on any atom is -0.494 e. The van der Waals surface area contributed by atoms with Gasteiger partial charge in [-0.2, -0.15) is 0 Å². The van der Waals surface area contributed by atoms with E-state index in [1.807, 2.05) is 26.0 Å². The van der Waals surface area contributed by atoms with Gasteiger partial charge in [0.2, 0.25) is 0 Å². The monoisotopic (exact) mass is 439 g/mol. The van der Waals surface area contributed by atoms with E-state index < -0.39 is 0 Å². The summed E-state index contributed by atoms with van der Waals surface area (Å²) in [4.78, 5) is 29.3. The van der Waals surface area contributed by atoms with Crippen LogP contribution < -0.4 is 24.8 Å². The number of rotatable bonds is 7. The molecule has 0 bridgehead atoms. The lowest BCUT2D eigenvalue weighted by atomic mass is 10.1. The van der Waals surface area contributed by atoms with Crippen LogP contribution >= 0.6 is 11.3 Å². The zero-order valence-corrected chi connectivity index (χ0v) is 17.9. The van der Waals surface area contributed by atoms with Gasteiger partial charge in [0.15, 0.2) is 18.3 Å². The van der Waals surface area contributed by atoms with Gasteiger partial charge in [0.05, 0.1) is 18.0 Å². The van der Waals surface area contributed by atoms with Crippen molar-refractivity contribution in [3.05, 3.63) is 47.3 Å². The van der Waals surface area contributed by atoms with Crippen LogP contribution in [0.25, 0.3) is 11.3 Å². The Kier molecular flexibility index (Phi) is 6.03. The molecule has 0 saturated carbocycles. The third kappa shape index (κ3) is 4.95. The first-order valence-electron chi connectivity index (χ1n) is 9.72. The molecule has 8 nitrogen and oxygen atoms in total. The van der Waals surface area contributed by atoms with Gasteiger partial charge in [0, 0.05) is 10.4 Å². The Morgan fingerprint density at radius 3 is 2.68 bits per heavy atom. The zero-order chi connectivity index (χ0) is 21.8. The first-order chi connectivity index (χ1) is 15.0. The van der Waals surface area contributed by atoms with Crippen molar-refractivity contribution in [2.45, 2.75) is 13.8 Å². The van der Waals surface area contributed by atoms with Crippen molar-refractivity contribution in [1.29, 1.82) is 0 Å². The van der Waals surface area contributed by atoms with E-state index >= 15 is 0 Å². The topological polar surface area (TPSA) is 98.8 Å². The van der Waals surface area contributed by atoms with E-state index in [2.05, 4.69) is 15.6 Å². The minimum absolute atomic E-state index is 0.0109. The largest absolute Gasteiger partial charge is 0.494 e. The van der Waals surface area contributed by atoms with Crippen LogP contribution in [0.4, 0.5) is 10.8 Å². The van der Waals surface area contributed by atoms with Crippen molar-refractivity contribution >= 4 is 34.0 Å². The number of carbonyl (C=O) groups excluding carboxylic acids is 2. The van der Waals surface area contributed by atoms with Crippen LogP contribution in [0, 0.1) is 6.92 Å². The number of fused-ring (bicyclic) bond motifs is 1. The Bertz CT molecular complexity index is 1110. The molecule has 2 amide bonds. The van der Waals surface area contributed by atoms with Crippen LogP contribution in [0.2, 0.25) is 0 Å². The summed E-state index contributed by atoms with van der Waals surface area (Å²) < 4.78 is 16.3. The summed E-state index contributed by atoms with van der Waals surface area (Å²) in [6.07, 6.45) is 0. The number of nitrogens with zero attached hydrogens (tertiary/aromatic N) is 1. The molecule has 3 aromatic rings. The quantitative estimate of drug-likeness (QED) is 0.580. The highest BCUT2D eigenvalue weighted by atomic mass is 32.1. The van der Waals surface area contributed by atoms with Crippen LogP contribution in [-0.2, 0) is 9.59 Å². The average Bonchev–Trinajstić information content (AvgIpc) is 3.12. The van der Waals surface area contributed by atoms with E-state index in [1.54, 1.807) is 30.3 Å². The second-order valence-corrected chi connectivity index (χ2v) is 7.92. The molecule has 2 N–H and O–H groups in total. The SMILES string of the molecule is CCOc1ccc(OCC(=O)Nc2nc(-c3ccc4c(c3)NC(=O)CO4)c(C)s2)cc1. The van der Waals surface area contributed by atoms with Gasteiger partial charge in [-0.1, -0.05) is 0 Å². The first kappa shape index (κ1) is 20.7. The van der Waals surface area contributed by atoms with Crippen LogP contribution in [-0.4, -0.2) is 36.6 Å². The fourth-order valence-corrected chi connectivity index (χ4v) is 3.90. The van der Waals surface area contributed by atoms with Crippen LogP contribution in [0.5, 0.6) is 17.2 Å². The standard InChI is InChI=1S/C22H21N3O5S/c1-3-28-15-5-7-16(8-6-15)29-11-20(27)24-22-25-21(13(2)31-22)14-4-9-18-17(10-14)23-19(26)12-30-18/h4-10H,3,11-12H2,1-2H3,(H,23,26)(H,24,25,27). The molecule has 0 spiro atoms. The van der Waals surface area contributed by atoms with E-state index in [-0.39, 0.29) is 25.0 Å². The lowest BCUT2D eigenvalue weighted by Gasteiger charge is -2.18. The Hall–Kier alpha value is -3.59. The highest BCUT2D eigenvalue weighted by molar-refractivity contribution is 7.16. The molecule has 0 aliphatic carbocycles. The molecule has 1 aromatic heterocycles. The molecule has 0 unspecified atom stereocenters. The van der Waals surface area contributed by atoms with Gasteiger partial charge >= 0.3 is 0 Å². The second kappa shape index (κ2) is 9.05. The number of ether oxygens (including phenoxy) is 3. The van der Waals surface area contributed by atoms with Crippen molar-refractivity contribution in [1.82, 2.24) is 4.98 Å². The molecule has 31 heavy (non-hydrogen) atoms. The Labute approximate surface area is 183 Å². The molecule has 0 fully saturated rings. The molecular weight excluding hydrogens is 418 g/mol. The third-order valence-electron chi connectivity index (χ3n) is 4.43. The van der Waals surface area contributed by atoms with Gasteiger partial charge in [0.1, 0.15) is 17.2 Å². The molecule has 2 heterocycles. The number of thiazole rings is 1. The van der Waals surface area contributed by atoms with Crippen LogP contribution in [0.1, 0.15) is 11.8 Å². The number of aryl methyl sites for hydroxylation is 1. The first-order valence-corrected chi connectivity index (χ1v) is 10.5. The molecule has 9 heteroatoms. The van der Waals surface area contributed by atoms with Gasteiger partial charge in [0.25, 0.3) is 11.8 Å². The highest BCUT2D eigenvalue weighted by Crippen LogP contribution is 2.36. The lowest BCUT2D eigenvalue weighted by molar-refractivity contribution is -0.119. The predicted octanol–water partition coefficient (Wildman–Crippen LogP) is 3.87. The van der Waals surface area contributed by atoms with Crippen molar-refractivity contribution in [2.75, 3.05) is 30.5 Å². The van der Waals surface area contributed by atoms with Crippen molar-refractivity contribution in [3.63, 3.8) is 0 Å². The molecule has 160 valence electrons. The minimum atomic E-state index is -0.305. The lowest BCUT2D eigenvalue weighted by Crippen LogP contribution is -2.25. The second-order valence-electron chi connectivity index (χ2n) is 6.71. The summed E-state index contributed by atoms with van der Waals surface area (Å²) in [5.41, 5.74) is 2.16. The van der Waals surface area contributed by atoms with E-state index in [0.717, 1.165) is 21.9 Å². The van der Waals surface area contributed by atoms with Crippen molar-refractivity contribution in [2.24, 2.45) is 0 Å². The van der Waals surface area contributed by atoms with Crippen molar-refractivity contribution in [3.8, 4) is 28.5 Å². The van der Waals surface area contributed by atoms with Gasteiger partial charge in [-0.25, -0.2) is 4.98 Å². The van der Waals surface area contributed by atoms with Gasteiger partial charge < -0.3 is 19.5 Å². The summed E-state index contributed by atoms with van der Waals surface area (Å²) >= 11 is 1.37. The Morgan fingerprint density at radius 1 is 1.19 bits per heavy atom. The fourth-order valence-electron chi connectivity index (χ4n) is 3.05. The summed E-state index contributed by atoms with van der Waals surface area (Å²) in [5, 5.41) is 6.03. The third-order valence-corrected chi connectivity index (χ3v) is 5.32. The maximum atomic E-state index is 12.3. The predicted molar refractivity (Wildman–Crippen MR) is 118 cm³/mol. The number of amides is 2. The average molecular weight is 439 g/mol. The van der Waals surface area contributed by atoms with E-state index in [1.165, 1.54) is 11.3 Å². The number of nitrogens with one attached hydrogen (secondary N) is 2. The van der Waals surface area contributed by atoms with Crippen molar-refractivity contribution < 1.29 is 23.8 Å². The summed E-state index contributed by atoms with van der Waals surface area (Å²) in [6.45, 7) is 4.30. The number of benzene rings is 2. The molecule has 0 saturated heterocycles. The summed E-state index contributed by atoms with van der Waals surface area (Å²) in [7, 11) is 0. The normalized spacial score (nSPS) is 12.4. The molecule has 1 aliphatic rings. The maximum absolute atomic E-state index is 12.3. The number of carbonyl (C=O) groups is 2. The number of anilines is 2. The Morgan fingerprint density at radius 2 is 1.94 bits per heavy atom. The number of hydrogen-bond donors (Lipinski definition) is 2. The maximum Gasteiger partial charge on any atom is 0.264 e. The molecule has 4 rings (SSSR count). The van der Waals surface area contributed by atoms with E-state index in [4.69, 9.17) is 14.2 Å². The molecule has 1 aliphatic heterocycles. The molecule has 2 aromatic carbocycles. The molecule has 0 atom stereocenters. The van der Waals surface area contributed by atoms with E-state index in [0.29, 0.717) is 28.9 Å². The molecule has 0 radical (unpaired) electrons.